The van der Waals surface area contributed by atoms with Crippen LogP contribution >= 0.6 is 0 Å². The average molecular weight is 271 g/mol. The Bertz CT molecular complexity index is 543. The van der Waals surface area contributed by atoms with Gasteiger partial charge in [0.1, 0.15) is 5.82 Å². The summed E-state index contributed by atoms with van der Waals surface area (Å²) < 4.78 is 5.42. The Morgan fingerprint density at radius 3 is 2.55 bits per heavy atom. The second kappa shape index (κ2) is 6.80. The molecule has 4 nitrogen and oxygen atoms in total. The smallest absolute Gasteiger partial charge is 0.239 e. The van der Waals surface area contributed by atoms with Crippen LogP contribution < -0.4 is 15.8 Å². The lowest BCUT2D eigenvalue weighted by atomic mass is 10.0. The van der Waals surface area contributed by atoms with E-state index in [1.807, 2.05) is 37.3 Å². The Hall–Kier alpha value is -2.23. The number of nitrogens with two attached hydrogens (primary N) is 1. The Morgan fingerprint density at radius 2 is 1.90 bits per heavy atom. The maximum atomic E-state index is 5.83. The van der Waals surface area contributed by atoms with Gasteiger partial charge in [0.15, 0.2) is 0 Å². The van der Waals surface area contributed by atoms with Crippen molar-refractivity contribution in [2.45, 2.75) is 26.3 Å². The summed E-state index contributed by atoms with van der Waals surface area (Å²) in [6.45, 7) is 4.61. The van der Waals surface area contributed by atoms with Crippen molar-refractivity contribution in [2.24, 2.45) is 0 Å². The third kappa shape index (κ3) is 3.41. The molecule has 106 valence electrons. The lowest BCUT2D eigenvalue weighted by Crippen LogP contribution is -2.11. The van der Waals surface area contributed by atoms with Gasteiger partial charge in [-0.3, -0.25) is 0 Å². The molecule has 1 atom stereocenters. The molecule has 0 aliphatic heterocycles. The van der Waals surface area contributed by atoms with Gasteiger partial charge in [-0.05, 0) is 31.0 Å². The highest BCUT2D eigenvalue weighted by Crippen LogP contribution is 2.25. The number of nitrogen functional groups attached to an aromatic ring is 1. The highest BCUT2D eigenvalue weighted by Gasteiger charge is 2.11. The lowest BCUT2D eigenvalue weighted by Gasteiger charge is -2.18. The molecule has 1 unspecified atom stereocenters. The van der Waals surface area contributed by atoms with Crippen LogP contribution in [0.25, 0.3) is 0 Å². The number of ether oxygens (including phenoxy) is 1. The molecule has 0 aliphatic carbocycles. The van der Waals surface area contributed by atoms with Crippen LogP contribution in [0.15, 0.2) is 42.5 Å². The van der Waals surface area contributed by atoms with Crippen molar-refractivity contribution < 1.29 is 4.74 Å². The minimum atomic E-state index is 0.224. The van der Waals surface area contributed by atoms with Crippen LogP contribution in [0.3, 0.4) is 0 Å². The Labute approximate surface area is 120 Å². The predicted octanol–water partition coefficient (Wildman–Crippen LogP) is 3.63. The number of benzene rings is 1. The molecule has 0 saturated heterocycles. The molecule has 1 heterocycles. The summed E-state index contributed by atoms with van der Waals surface area (Å²) in [7, 11) is 0. The van der Waals surface area contributed by atoms with Gasteiger partial charge >= 0.3 is 0 Å². The number of hydrogen-bond donors (Lipinski definition) is 2. The van der Waals surface area contributed by atoms with E-state index < -0.39 is 0 Å². The maximum absolute atomic E-state index is 5.83. The fraction of sp³-hybridized carbons (Fsp3) is 0.312. The molecule has 1 aromatic carbocycles. The standard InChI is InChI=1S/C16H21N3O/c1-3-14(12-8-6-5-7-9-12)18-15-11-10-13(17)16(19-15)20-4-2/h5-11,14H,3-4,17H2,1-2H3,(H,18,19). The molecule has 2 rings (SSSR count). The van der Waals surface area contributed by atoms with Crippen LogP contribution in [0, 0.1) is 0 Å². The van der Waals surface area contributed by atoms with Crippen molar-refractivity contribution >= 4 is 11.5 Å². The SMILES string of the molecule is CCOc1nc(NC(CC)c2ccccc2)ccc1N. The normalized spacial score (nSPS) is 11.9. The zero-order chi connectivity index (χ0) is 14.4. The minimum Gasteiger partial charge on any atom is -0.476 e. The molecule has 0 aliphatic rings. The molecule has 20 heavy (non-hydrogen) atoms. The van der Waals surface area contributed by atoms with E-state index >= 15 is 0 Å². The first-order valence-corrected chi connectivity index (χ1v) is 6.95. The van der Waals surface area contributed by atoms with E-state index in [2.05, 4.69) is 29.4 Å². The predicted molar refractivity (Wildman–Crippen MR) is 82.9 cm³/mol. The quantitative estimate of drug-likeness (QED) is 0.842. The van der Waals surface area contributed by atoms with Crippen LogP contribution in [-0.2, 0) is 0 Å². The first kappa shape index (κ1) is 14.2. The van der Waals surface area contributed by atoms with Gasteiger partial charge in [0.05, 0.1) is 18.3 Å². The Kier molecular flexibility index (Phi) is 4.82. The first-order valence-electron chi connectivity index (χ1n) is 6.95. The number of nitrogens with one attached hydrogen (secondary N) is 1. The third-order valence-corrected chi connectivity index (χ3v) is 3.10. The molecular weight excluding hydrogens is 250 g/mol. The maximum Gasteiger partial charge on any atom is 0.239 e. The van der Waals surface area contributed by atoms with Crippen molar-refractivity contribution in [1.82, 2.24) is 4.98 Å². The van der Waals surface area contributed by atoms with E-state index in [1.165, 1.54) is 5.56 Å². The van der Waals surface area contributed by atoms with Crippen LogP contribution in [0.1, 0.15) is 31.9 Å². The molecule has 2 aromatic rings. The zero-order valence-electron chi connectivity index (χ0n) is 12.0. The van der Waals surface area contributed by atoms with Crippen LogP contribution in [0.4, 0.5) is 11.5 Å². The van der Waals surface area contributed by atoms with Gasteiger partial charge in [-0.25, -0.2) is 0 Å². The largest absolute Gasteiger partial charge is 0.476 e. The molecule has 0 amide bonds. The molecule has 0 bridgehead atoms. The van der Waals surface area contributed by atoms with Crippen molar-refractivity contribution in [1.29, 1.82) is 0 Å². The van der Waals surface area contributed by atoms with E-state index in [1.54, 1.807) is 0 Å². The van der Waals surface area contributed by atoms with Gasteiger partial charge in [0.2, 0.25) is 5.88 Å². The molecule has 0 saturated carbocycles. The van der Waals surface area contributed by atoms with Gasteiger partial charge in [-0.2, -0.15) is 4.98 Å². The second-order valence-electron chi connectivity index (χ2n) is 4.54. The number of pyridine rings is 1. The molecule has 0 radical (unpaired) electrons. The molecule has 4 heteroatoms. The monoisotopic (exact) mass is 271 g/mol. The Balaban J connectivity index is 2.17. The van der Waals surface area contributed by atoms with E-state index in [0.717, 1.165) is 12.2 Å². The molecular formula is C16H21N3O. The van der Waals surface area contributed by atoms with Gasteiger partial charge in [0.25, 0.3) is 0 Å². The number of anilines is 2. The summed E-state index contributed by atoms with van der Waals surface area (Å²) in [4.78, 5) is 4.42. The van der Waals surface area contributed by atoms with Crippen LogP contribution in [0.2, 0.25) is 0 Å². The average Bonchev–Trinajstić information content (AvgIpc) is 2.49. The molecule has 0 spiro atoms. The highest BCUT2D eigenvalue weighted by molar-refractivity contribution is 5.54. The number of aromatic nitrogens is 1. The number of rotatable bonds is 6. The van der Waals surface area contributed by atoms with Crippen molar-refractivity contribution in [3.8, 4) is 5.88 Å². The van der Waals surface area contributed by atoms with E-state index in [9.17, 15) is 0 Å². The number of nitrogens with zero attached hydrogens (tertiary/aromatic N) is 1. The molecule has 0 fully saturated rings. The molecule has 1 aromatic heterocycles. The minimum absolute atomic E-state index is 0.224. The lowest BCUT2D eigenvalue weighted by molar-refractivity contribution is 0.329. The van der Waals surface area contributed by atoms with E-state index in [-0.39, 0.29) is 6.04 Å². The van der Waals surface area contributed by atoms with Crippen molar-refractivity contribution in [3.05, 3.63) is 48.0 Å². The summed E-state index contributed by atoms with van der Waals surface area (Å²) in [6.07, 6.45) is 0.972. The summed E-state index contributed by atoms with van der Waals surface area (Å²) in [5.41, 5.74) is 7.64. The highest BCUT2D eigenvalue weighted by atomic mass is 16.5. The van der Waals surface area contributed by atoms with Gasteiger partial charge < -0.3 is 15.8 Å². The summed E-state index contributed by atoms with van der Waals surface area (Å²) in [5.74, 6) is 1.26. The van der Waals surface area contributed by atoms with E-state index in [0.29, 0.717) is 18.2 Å². The number of hydrogen-bond acceptors (Lipinski definition) is 4. The van der Waals surface area contributed by atoms with Crippen LogP contribution in [0.5, 0.6) is 5.88 Å². The first-order chi connectivity index (χ1) is 9.74. The molecule has 3 N–H and O–H groups in total. The van der Waals surface area contributed by atoms with Gasteiger partial charge in [0, 0.05) is 0 Å². The summed E-state index contributed by atoms with van der Waals surface area (Å²) in [5, 5.41) is 3.42. The fourth-order valence-electron chi connectivity index (χ4n) is 2.07. The fourth-order valence-corrected chi connectivity index (χ4v) is 2.07. The van der Waals surface area contributed by atoms with Gasteiger partial charge in [-0.1, -0.05) is 37.3 Å². The zero-order valence-corrected chi connectivity index (χ0v) is 12.0. The Morgan fingerprint density at radius 1 is 1.15 bits per heavy atom. The summed E-state index contributed by atoms with van der Waals surface area (Å²) in [6, 6.07) is 14.3. The van der Waals surface area contributed by atoms with Crippen LogP contribution in [-0.4, -0.2) is 11.6 Å². The topological polar surface area (TPSA) is 60.2 Å². The third-order valence-electron chi connectivity index (χ3n) is 3.10. The summed E-state index contributed by atoms with van der Waals surface area (Å²) >= 11 is 0. The van der Waals surface area contributed by atoms with Crippen molar-refractivity contribution in [3.63, 3.8) is 0 Å². The van der Waals surface area contributed by atoms with Gasteiger partial charge in [-0.15, -0.1) is 0 Å². The van der Waals surface area contributed by atoms with Crippen molar-refractivity contribution in [2.75, 3.05) is 17.7 Å². The van der Waals surface area contributed by atoms with E-state index in [4.69, 9.17) is 10.5 Å². The second-order valence-corrected chi connectivity index (χ2v) is 4.54.